The molecular weight excluding hydrogens is 260 g/mol. The van der Waals surface area contributed by atoms with Gasteiger partial charge in [0.05, 0.1) is 0 Å². The highest BCUT2D eigenvalue weighted by Gasteiger charge is 2.02. The third-order valence-corrected chi connectivity index (χ3v) is 2.98. The summed E-state index contributed by atoms with van der Waals surface area (Å²) < 4.78 is 5.22. The smallest absolute Gasteiger partial charge is 0.306 e. The zero-order valence-corrected chi connectivity index (χ0v) is 12.6. The van der Waals surface area contributed by atoms with Crippen molar-refractivity contribution < 1.29 is 9.53 Å². The predicted octanol–water partition coefficient (Wildman–Crippen LogP) is 4.90. The zero-order chi connectivity index (χ0) is 13.1. The molecule has 0 fully saturated rings. The average Bonchev–Trinajstić information content (AvgIpc) is 2.41. The van der Waals surface area contributed by atoms with Gasteiger partial charge in [-0.3, -0.25) is 4.79 Å². The van der Waals surface area contributed by atoms with Crippen LogP contribution < -0.4 is 0 Å². The van der Waals surface area contributed by atoms with Crippen LogP contribution in [0.4, 0.5) is 0 Å². The molecule has 0 radical (unpaired) electrons. The van der Waals surface area contributed by atoms with Crippen LogP contribution in [-0.4, -0.2) is 5.97 Å². The van der Waals surface area contributed by atoms with E-state index in [1.165, 1.54) is 25.7 Å². The maximum Gasteiger partial charge on any atom is 0.306 e. The Balaban J connectivity index is 0.00000324. The Bertz CT molecular complexity index is 325. The lowest BCUT2D eigenvalue weighted by molar-refractivity contribution is -0.145. The summed E-state index contributed by atoms with van der Waals surface area (Å²) in [5.74, 6) is -0.0747. The topological polar surface area (TPSA) is 26.3 Å². The lowest BCUT2D eigenvalue weighted by Crippen LogP contribution is -2.04. The van der Waals surface area contributed by atoms with Crippen molar-refractivity contribution >= 4 is 18.4 Å². The maximum atomic E-state index is 11.5. The normalized spacial score (nSPS) is 9.74. The molecule has 0 unspecified atom stereocenters. The summed E-state index contributed by atoms with van der Waals surface area (Å²) in [4.78, 5) is 11.5. The molecule has 0 atom stereocenters. The molecule has 0 saturated heterocycles. The van der Waals surface area contributed by atoms with Gasteiger partial charge in [-0.05, 0) is 12.0 Å². The number of hydrogen-bond acceptors (Lipinski definition) is 2. The van der Waals surface area contributed by atoms with Crippen molar-refractivity contribution in [3.63, 3.8) is 0 Å². The van der Waals surface area contributed by atoms with E-state index >= 15 is 0 Å². The first kappa shape index (κ1) is 18.0. The largest absolute Gasteiger partial charge is 0.461 e. The summed E-state index contributed by atoms with van der Waals surface area (Å²) in [6, 6.07) is 9.81. The second-order valence-corrected chi connectivity index (χ2v) is 4.66. The Morgan fingerprint density at radius 1 is 1.00 bits per heavy atom. The van der Waals surface area contributed by atoms with E-state index in [-0.39, 0.29) is 18.4 Å². The minimum atomic E-state index is -0.0747. The van der Waals surface area contributed by atoms with Crippen LogP contribution in [-0.2, 0) is 16.1 Å². The Morgan fingerprint density at radius 3 is 2.32 bits per heavy atom. The Hall–Kier alpha value is -1.02. The number of ether oxygens (including phenoxy) is 1. The van der Waals surface area contributed by atoms with Crippen molar-refractivity contribution in [2.75, 3.05) is 0 Å². The lowest BCUT2D eigenvalue weighted by Gasteiger charge is -2.04. The molecule has 2 nitrogen and oxygen atoms in total. The first-order valence-corrected chi connectivity index (χ1v) is 7.02. The van der Waals surface area contributed by atoms with Crippen LogP contribution in [0, 0.1) is 0 Å². The average molecular weight is 285 g/mol. The van der Waals surface area contributed by atoms with Crippen LogP contribution in [0.2, 0.25) is 0 Å². The zero-order valence-electron chi connectivity index (χ0n) is 11.8. The van der Waals surface area contributed by atoms with Gasteiger partial charge in [0, 0.05) is 6.42 Å². The van der Waals surface area contributed by atoms with Crippen LogP contribution in [0.25, 0.3) is 0 Å². The summed E-state index contributed by atoms with van der Waals surface area (Å²) in [6.07, 6.45) is 7.74. The van der Waals surface area contributed by atoms with Gasteiger partial charge in [0.15, 0.2) is 0 Å². The van der Waals surface area contributed by atoms with Gasteiger partial charge in [0.1, 0.15) is 6.61 Å². The fourth-order valence-electron chi connectivity index (χ4n) is 1.86. The number of hydrogen-bond donors (Lipinski definition) is 0. The van der Waals surface area contributed by atoms with Gasteiger partial charge in [0.25, 0.3) is 0 Å². The molecule has 0 N–H and O–H groups in total. The van der Waals surface area contributed by atoms with E-state index in [4.69, 9.17) is 4.74 Å². The molecule has 0 aliphatic heterocycles. The molecule has 0 heterocycles. The fourth-order valence-corrected chi connectivity index (χ4v) is 1.86. The SMILES string of the molecule is CCCCCCCCC(=O)OCc1ccccc1.Cl. The predicted molar refractivity (Wildman–Crippen MR) is 81.5 cm³/mol. The molecular formula is C16H25ClO2. The molecule has 0 spiro atoms. The number of rotatable bonds is 9. The first-order chi connectivity index (χ1) is 8.83. The van der Waals surface area contributed by atoms with E-state index in [0.29, 0.717) is 13.0 Å². The highest BCUT2D eigenvalue weighted by molar-refractivity contribution is 5.85. The summed E-state index contributed by atoms with van der Waals surface area (Å²) in [7, 11) is 0. The molecule has 1 aromatic rings. The van der Waals surface area contributed by atoms with Gasteiger partial charge in [0.2, 0.25) is 0 Å². The third-order valence-electron chi connectivity index (χ3n) is 2.98. The lowest BCUT2D eigenvalue weighted by atomic mass is 10.1. The summed E-state index contributed by atoms with van der Waals surface area (Å²) in [5, 5.41) is 0. The second-order valence-electron chi connectivity index (χ2n) is 4.66. The molecule has 19 heavy (non-hydrogen) atoms. The van der Waals surface area contributed by atoms with E-state index in [1.807, 2.05) is 30.3 Å². The molecule has 0 aromatic heterocycles. The molecule has 0 aliphatic carbocycles. The minimum Gasteiger partial charge on any atom is -0.461 e. The van der Waals surface area contributed by atoms with Gasteiger partial charge < -0.3 is 4.74 Å². The molecule has 0 saturated carbocycles. The van der Waals surface area contributed by atoms with Crippen LogP contribution in [0.1, 0.15) is 57.4 Å². The number of halogens is 1. The van der Waals surface area contributed by atoms with Crippen molar-refractivity contribution in [2.24, 2.45) is 0 Å². The molecule has 0 amide bonds. The van der Waals surface area contributed by atoms with E-state index in [2.05, 4.69) is 6.92 Å². The Labute approximate surface area is 123 Å². The number of benzene rings is 1. The van der Waals surface area contributed by atoms with Gasteiger partial charge in [-0.25, -0.2) is 0 Å². The molecule has 0 bridgehead atoms. The Kier molecular flexibility index (Phi) is 11.4. The summed E-state index contributed by atoms with van der Waals surface area (Å²) in [5.41, 5.74) is 1.05. The fraction of sp³-hybridized carbons (Fsp3) is 0.562. The first-order valence-electron chi connectivity index (χ1n) is 7.02. The van der Waals surface area contributed by atoms with Crippen LogP contribution in [0.5, 0.6) is 0 Å². The molecule has 3 heteroatoms. The van der Waals surface area contributed by atoms with Crippen molar-refractivity contribution in [1.82, 2.24) is 0 Å². The van der Waals surface area contributed by atoms with Crippen LogP contribution >= 0.6 is 12.4 Å². The highest BCUT2D eigenvalue weighted by atomic mass is 35.5. The maximum absolute atomic E-state index is 11.5. The van der Waals surface area contributed by atoms with Gasteiger partial charge in [-0.2, -0.15) is 0 Å². The van der Waals surface area contributed by atoms with Crippen molar-refractivity contribution in [1.29, 1.82) is 0 Å². The van der Waals surface area contributed by atoms with E-state index < -0.39 is 0 Å². The van der Waals surface area contributed by atoms with Gasteiger partial charge in [-0.1, -0.05) is 69.4 Å². The summed E-state index contributed by atoms with van der Waals surface area (Å²) >= 11 is 0. The number of unbranched alkanes of at least 4 members (excludes halogenated alkanes) is 5. The number of carbonyl (C=O) groups excluding carboxylic acids is 1. The van der Waals surface area contributed by atoms with Crippen molar-refractivity contribution in [3.05, 3.63) is 35.9 Å². The van der Waals surface area contributed by atoms with E-state index in [0.717, 1.165) is 18.4 Å². The third kappa shape index (κ3) is 9.54. The molecule has 0 aliphatic rings. The molecule has 1 aromatic carbocycles. The molecule has 108 valence electrons. The standard InChI is InChI=1S/C16H24O2.ClH/c1-2-3-4-5-6-10-13-16(17)18-14-15-11-8-7-9-12-15;/h7-9,11-12H,2-6,10,13-14H2,1H3;1H. The van der Waals surface area contributed by atoms with Crippen molar-refractivity contribution in [3.8, 4) is 0 Å². The van der Waals surface area contributed by atoms with E-state index in [1.54, 1.807) is 0 Å². The van der Waals surface area contributed by atoms with E-state index in [9.17, 15) is 4.79 Å². The van der Waals surface area contributed by atoms with Crippen LogP contribution in [0.15, 0.2) is 30.3 Å². The number of esters is 1. The quantitative estimate of drug-likeness (QED) is 0.476. The second kappa shape index (κ2) is 12.0. The summed E-state index contributed by atoms with van der Waals surface area (Å²) in [6.45, 7) is 2.61. The molecule has 1 rings (SSSR count). The van der Waals surface area contributed by atoms with Crippen LogP contribution in [0.3, 0.4) is 0 Å². The highest BCUT2D eigenvalue weighted by Crippen LogP contribution is 2.08. The Morgan fingerprint density at radius 2 is 1.63 bits per heavy atom. The van der Waals surface area contributed by atoms with Gasteiger partial charge in [-0.15, -0.1) is 12.4 Å². The van der Waals surface area contributed by atoms with Crippen molar-refractivity contribution in [2.45, 2.75) is 58.5 Å². The minimum absolute atomic E-state index is 0. The monoisotopic (exact) mass is 284 g/mol. The number of carbonyl (C=O) groups is 1. The van der Waals surface area contributed by atoms with Gasteiger partial charge >= 0.3 is 5.97 Å².